The number of nitrogens with one attached hydrogen (secondary N) is 1. The summed E-state index contributed by atoms with van der Waals surface area (Å²) in [6, 6.07) is 5.81. The maximum Gasteiger partial charge on any atom is 0.339 e. The molecule has 0 atom stereocenters. The average molecular weight is 249 g/mol. The highest BCUT2D eigenvalue weighted by molar-refractivity contribution is 5.95. The number of aryl methyl sites for hydroxylation is 1. The molecule has 0 saturated heterocycles. The summed E-state index contributed by atoms with van der Waals surface area (Å²) in [6.07, 6.45) is 4.85. The van der Waals surface area contributed by atoms with Crippen molar-refractivity contribution in [2.45, 2.75) is 39.5 Å². The second-order valence-electron chi connectivity index (χ2n) is 4.53. The Morgan fingerprint density at radius 1 is 1.28 bits per heavy atom. The minimum atomic E-state index is -0.283. The van der Waals surface area contributed by atoms with Crippen LogP contribution >= 0.6 is 0 Å². The van der Waals surface area contributed by atoms with E-state index < -0.39 is 0 Å². The van der Waals surface area contributed by atoms with E-state index in [1.807, 2.05) is 25.1 Å². The van der Waals surface area contributed by atoms with Gasteiger partial charge in [0.25, 0.3) is 0 Å². The summed E-state index contributed by atoms with van der Waals surface area (Å²) in [6.45, 7) is 5.06. The van der Waals surface area contributed by atoms with Gasteiger partial charge in [-0.05, 0) is 25.5 Å². The van der Waals surface area contributed by atoms with Gasteiger partial charge in [-0.25, -0.2) is 4.79 Å². The third kappa shape index (κ3) is 4.40. The van der Waals surface area contributed by atoms with E-state index >= 15 is 0 Å². The number of rotatable bonds is 7. The van der Waals surface area contributed by atoms with Gasteiger partial charge in [0.1, 0.15) is 0 Å². The van der Waals surface area contributed by atoms with E-state index in [-0.39, 0.29) is 5.97 Å². The zero-order valence-corrected chi connectivity index (χ0v) is 11.6. The molecule has 100 valence electrons. The Bertz CT molecular complexity index is 388. The van der Waals surface area contributed by atoms with Crippen LogP contribution in [0.5, 0.6) is 0 Å². The molecule has 0 aliphatic heterocycles. The minimum Gasteiger partial charge on any atom is -0.465 e. The molecule has 0 spiro atoms. The van der Waals surface area contributed by atoms with Gasteiger partial charge in [0.05, 0.1) is 12.7 Å². The van der Waals surface area contributed by atoms with Gasteiger partial charge in [-0.3, -0.25) is 0 Å². The Labute approximate surface area is 110 Å². The highest BCUT2D eigenvalue weighted by Crippen LogP contribution is 2.18. The minimum absolute atomic E-state index is 0.283. The summed E-state index contributed by atoms with van der Waals surface area (Å²) in [5.74, 6) is -0.283. The Morgan fingerprint density at radius 2 is 2.06 bits per heavy atom. The smallest absolute Gasteiger partial charge is 0.339 e. The standard InChI is InChI=1S/C15H23NO2/c1-4-5-6-7-10-16-14-9-8-12(2)11-13(14)15(17)18-3/h8-9,11,16H,4-7,10H2,1-3H3. The molecule has 0 aromatic heterocycles. The lowest BCUT2D eigenvalue weighted by Gasteiger charge is -2.11. The van der Waals surface area contributed by atoms with Crippen LogP contribution in [-0.2, 0) is 4.74 Å². The number of carbonyl (C=O) groups excluding carboxylic acids is 1. The Kier molecular flexibility index (Phi) is 6.26. The van der Waals surface area contributed by atoms with Gasteiger partial charge >= 0.3 is 5.97 Å². The number of hydrogen-bond donors (Lipinski definition) is 1. The van der Waals surface area contributed by atoms with Crippen molar-refractivity contribution < 1.29 is 9.53 Å². The van der Waals surface area contributed by atoms with E-state index in [1.54, 1.807) is 0 Å². The summed E-state index contributed by atoms with van der Waals surface area (Å²) < 4.78 is 4.80. The molecular formula is C15H23NO2. The number of methoxy groups -OCH3 is 1. The van der Waals surface area contributed by atoms with E-state index in [1.165, 1.54) is 26.4 Å². The third-order valence-electron chi connectivity index (χ3n) is 2.93. The molecule has 1 aromatic carbocycles. The fourth-order valence-electron chi connectivity index (χ4n) is 1.87. The topological polar surface area (TPSA) is 38.3 Å². The van der Waals surface area contributed by atoms with Crippen LogP contribution in [0.15, 0.2) is 18.2 Å². The number of esters is 1. The number of ether oxygens (including phenoxy) is 1. The quantitative estimate of drug-likeness (QED) is 0.590. The summed E-state index contributed by atoms with van der Waals surface area (Å²) in [4.78, 5) is 11.7. The first-order valence-electron chi connectivity index (χ1n) is 6.62. The van der Waals surface area contributed by atoms with Crippen molar-refractivity contribution in [3.63, 3.8) is 0 Å². The van der Waals surface area contributed by atoms with Crippen molar-refractivity contribution in [3.05, 3.63) is 29.3 Å². The lowest BCUT2D eigenvalue weighted by molar-refractivity contribution is 0.0601. The van der Waals surface area contributed by atoms with Gasteiger partial charge in [0, 0.05) is 12.2 Å². The number of unbranched alkanes of at least 4 members (excludes halogenated alkanes) is 3. The molecule has 0 heterocycles. The van der Waals surface area contributed by atoms with Gasteiger partial charge in [0.15, 0.2) is 0 Å². The maximum atomic E-state index is 11.7. The highest BCUT2D eigenvalue weighted by Gasteiger charge is 2.11. The lowest BCUT2D eigenvalue weighted by Crippen LogP contribution is -2.09. The van der Waals surface area contributed by atoms with E-state index in [0.717, 1.165) is 24.2 Å². The molecule has 1 aromatic rings. The first-order chi connectivity index (χ1) is 8.69. The van der Waals surface area contributed by atoms with Crippen LogP contribution in [0, 0.1) is 6.92 Å². The normalized spacial score (nSPS) is 10.2. The molecular weight excluding hydrogens is 226 g/mol. The molecule has 1 rings (SSSR count). The maximum absolute atomic E-state index is 11.7. The molecule has 0 aliphatic rings. The first kappa shape index (κ1) is 14.6. The van der Waals surface area contributed by atoms with Crippen molar-refractivity contribution >= 4 is 11.7 Å². The van der Waals surface area contributed by atoms with Gasteiger partial charge < -0.3 is 10.1 Å². The monoisotopic (exact) mass is 249 g/mol. The summed E-state index contributed by atoms with van der Waals surface area (Å²) in [7, 11) is 1.41. The molecule has 0 unspecified atom stereocenters. The van der Waals surface area contributed by atoms with E-state index in [0.29, 0.717) is 5.56 Å². The van der Waals surface area contributed by atoms with E-state index in [2.05, 4.69) is 12.2 Å². The predicted molar refractivity (Wildman–Crippen MR) is 75.2 cm³/mol. The number of hydrogen-bond acceptors (Lipinski definition) is 3. The molecule has 3 heteroatoms. The summed E-state index contributed by atoms with van der Waals surface area (Å²) in [5, 5.41) is 3.31. The zero-order chi connectivity index (χ0) is 13.4. The van der Waals surface area contributed by atoms with Crippen LogP contribution in [0.2, 0.25) is 0 Å². The Morgan fingerprint density at radius 3 is 2.72 bits per heavy atom. The molecule has 18 heavy (non-hydrogen) atoms. The van der Waals surface area contributed by atoms with Crippen molar-refractivity contribution in [2.24, 2.45) is 0 Å². The van der Waals surface area contributed by atoms with Crippen molar-refractivity contribution in [1.82, 2.24) is 0 Å². The van der Waals surface area contributed by atoms with Crippen molar-refractivity contribution in [3.8, 4) is 0 Å². The van der Waals surface area contributed by atoms with E-state index in [9.17, 15) is 4.79 Å². The van der Waals surface area contributed by atoms with Crippen LogP contribution < -0.4 is 5.32 Å². The summed E-state index contributed by atoms with van der Waals surface area (Å²) >= 11 is 0. The first-order valence-corrected chi connectivity index (χ1v) is 6.62. The second kappa shape index (κ2) is 7.75. The molecule has 0 aliphatic carbocycles. The molecule has 3 nitrogen and oxygen atoms in total. The van der Waals surface area contributed by atoms with Crippen LogP contribution in [0.25, 0.3) is 0 Å². The number of benzene rings is 1. The van der Waals surface area contributed by atoms with Gasteiger partial charge in [-0.2, -0.15) is 0 Å². The molecule has 0 fully saturated rings. The van der Waals surface area contributed by atoms with Crippen molar-refractivity contribution in [1.29, 1.82) is 0 Å². The number of anilines is 1. The number of carbonyl (C=O) groups is 1. The fraction of sp³-hybridized carbons (Fsp3) is 0.533. The molecule has 0 bridgehead atoms. The third-order valence-corrected chi connectivity index (χ3v) is 2.93. The highest BCUT2D eigenvalue weighted by atomic mass is 16.5. The van der Waals surface area contributed by atoms with Crippen LogP contribution in [0.3, 0.4) is 0 Å². The molecule has 1 N–H and O–H groups in total. The van der Waals surface area contributed by atoms with E-state index in [4.69, 9.17) is 4.74 Å². The Balaban J connectivity index is 2.61. The van der Waals surface area contributed by atoms with Crippen LogP contribution in [0.4, 0.5) is 5.69 Å². The van der Waals surface area contributed by atoms with Gasteiger partial charge in [0.2, 0.25) is 0 Å². The average Bonchev–Trinajstić information content (AvgIpc) is 2.39. The SMILES string of the molecule is CCCCCCNc1ccc(C)cc1C(=O)OC. The lowest BCUT2D eigenvalue weighted by atomic mass is 10.1. The molecule has 0 amide bonds. The van der Waals surface area contributed by atoms with Crippen LogP contribution in [0.1, 0.15) is 48.5 Å². The fourth-order valence-corrected chi connectivity index (χ4v) is 1.87. The summed E-state index contributed by atoms with van der Waals surface area (Å²) in [5.41, 5.74) is 2.55. The molecule has 0 radical (unpaired) electrons. The Hall–Kier alpha value is -1.51. The second-order valence-corrected chi connectivity index (χ2v) is 4.53. The zero-order valence-electron chi connectivity index (χ0n) is 11.6. The molecule has 0 saturated carbocycles. The van der Waals surface area contributed by atoms with Gasteiger partial charge in [-0.1, -0.05) is 37.8 Å². The largest absolute Gasteiger partial charge is 0.465 e. The predicted octanol–water partition coefficient (Wildman–Crippen LogP) is 3.77. The van der Waals surface area contributed by atoms with Crippen molar-refractivity contribution in [2.75, 3.05) is 19.0 Å². The van der Waals surface area contributed by atoms with Gasteiger partial charge in [-0.15, -0.1) is 0 Å². The van der Waals surface area contributed by atoms with Crippen LogP contribution in [-0.4, -0.2) is 19.6 Å².